The predicted octanol–water partition coefficient (Wildman–Crippen LogP) is 2.15. The Hall–Kier alpha value is -0.870. The molecule has 1 heterocycles. The maximum atomic E-state index is 5.62. The summed E-state index contributed by atoms with van der Waals surface area (Å²) in [6.07, 6.45) is 6.57. The van der Waals surface area contributed by atoms with Crippen molar-refractivity contribution < 1.29 is 4.74 Å². The molecule has 0 fully saturated rings. The monoisotopic (exact) mass is 253 g/mol. The Labute approximate surface area is 111 Å². The van der Waals surface area contributed by atoms with E-state index in [4.69, 9.17) is 4.74 Å². The standard InChI is InChI=1S/C14H27N3O/c1-5-7-14(18-4)13(15-6-2)9-8-12-10-11-16-17(12)3/h10-11,13-15H,5-9H2,1-4H3. The third-order valence-electron chi connectivity index (χ3n) is 3.42. The van der Waals surface area contributed by atoms with Gasteiger partial charge in [0.2, 0.25) is 0 Å². The summed E-state index contributed by atoms with van der Waals surface area (Å²) in [6, 6.07) is 2.51. The molecule has 4 heteroatoms. The first-order chi connectivity index (χ1) is 8.72. The highest BCUT2D eigenvalue weighted by Crippen LogP contribution is 2.13. The van der Waals surface area contributed by atoms with E-state index in [2.05, 4.69) is 30.3 Å². The quantitative estimate of drug-likeness (QED) is 0.733. The number of hydrogen-bond donors (Lipinski definition) is 1. The fraction of sp³-hybridized carbons (Fsp3) is 0.786. The lowest BCUT2D eigenvalue weighted by Gasteiger charge is -2.26. The highest BCUT2D eigenvalue weighted by molar-refractivity contribution is 5.00. The molecule has 2 unspecified atom stereocenters. The third kappa shape index (κ3) is 4.42. The fourth-order valence-electron chi connectivity index (χ4n) is 2.40. The van der Waals surface area contributed by atoms with Crippen LogP contribution in [-0.4, -0.2) is 35.6 Å². The van der Waals surface area contributed by atoms with Gasteiger partial charge in [0.1, 0.15) is 0 Å². The summed E-state index contributed by atoms with van der Waals surface area (Å²) in [5.41, 5.74) is 1.28. The molecule has 104 valence electrons. The van der Waals surface area contributed by atoms with Gasteiger partial charge >= 0.3 is 0 Å². The highest BCUT2D eigenvalue weighted by Gasteiger charge is 2.19. The minimum Gasteiger partial charge on any atom is -0.380 e. The molecule has 0 radical (unpaired) electrons. The number of aryl methyl sites for hydroxylation is 2. The first-order valence-electron chi connectivity index (χ1n) is 6.95. The molecule has 0 saturated heterocycles. The minimum atomic E-state index is 0.308. The van der Waals surface area contributed by atoms with Gasteiger partial charge in [0.05, 0.1) is 6.10 Å². The van der Waals surface area contributed by atoms with Crippen LogP contribution in [-0.2, 0) is 18.2 Å². The molecule has 0 saturated carbocycles. The van der Waals surface area contributed by atoms with Gasteiger partial charge in [-0.3, -0.25) is 4.68 Å². The Morgan fingerprint density at radius 2 is 2.17 bits per heavy atom. The van der Waals surface area contributed by atoms with Gasteiger partial charge in [-0.15, -0.1) is 0 Å². The van der Waals surface area contributed by atoms with Gasteiger partial charge in [-0.1, -0.05) is 20.3 Å². The van der Waals surface area contributed by atoms with E-state index in [-0.39, 0.29) is 0 Å². The Morgan fingerprint density at radius 3 is 2.67 bits per heavy atom. The number of ether oxygens (including phenoxy) is 1. The van der Waals surface area contributed by atoms with Crippen LogP contribution in [0.15, 0.2) is 12.3 Å². The Kier molecular flexibility index (Phi) is 6.98. The summed E-state index contributed by atoms with van der Waals surface area (Å²) in [6.45, 7) is 5.34. The number of likely N-dealkylation sites (N-methyl/N-ethyl adjacent to an activating group) is 1. The van der Waals surface area contributed by atoms with E-state index in [1.54, 1.807) is 0 Å². The SMILES string of the molecule is CCCC(OC)C(CCc1ccnn1C)NCC. The van der Waals surface area contributed by atoms with Crippen molar-refractivity contribution in [3.05, 3.63) is 18.0 Å². The van der Waals surface area contributed by atoms with E-state index < -0.39 is 0 Å². The average Bonchev–Trinajstić information content (AvgIpc) is 2.77. The number of hydrogen-bond acceptors (Lipinski definition) is 3. The van der Waals surface area contributed by atoms with Crippen LogP contribution in [0.2, 0.25) is 0 Å². The van der Waals surface area contributed by atoms with Crippen LogP contribution in [0.1, 0.15) is 38.8 Å². The van der Waals surface area contributed by atoms with Crippen LogP contribution >= 0.6 is 0 Å². The molecular weight excluding hydrogens is 226 g/mol. The van der Waals surface area contributed by atoms with Gasteiger partial charge in [-0.25, -0.2) is 0 Å². The van der Waals surface area contributed by atoms with E-state index in [1.807, 2.05) is 25.0 Å². The zero-order chi connectivity index (χ0) is 13.4. The molecule has 1 N–H and O–H groups in total. The molecule has 0 spiro atoms. The van der Waals surface area contributed by atoms with Gasteiger partial charge in [0.15, 0.2) is 0 Å². The molecule has 0 aromatic carbocycles. The second-order valence-electron chi connectivity index (χ2n) is 4.71. The zero-order valence-electron chi connectivity index (χ0n) is 12.1. The molecule has 18 heavy (non-hydrogen) atoms. The molecule has 1 aromatic heterocycles. The second-order valence-corrected chi connectivity index (χ2v) is 4.71. The summed E-state index contributed by atoms with van der Waals surface area (Å²) in [5, 5.41) is 7.75. The number of rotatable bonds is 9. The number of methoxy groups -OCH3 is 1. The number of aromatic nitrogens is 2. The van der Waals surface area contributed by atoms with Gasteiger partial charge in [0.25, 0.3) is 0 Å². The number of nitrogens with zero attached hydrogens (tertiary/aromatic N) is 2. The van der Waals surface area contributed by atoms with E-state index in [0.29, 0.717) is 12.1 Å². The normalized spacial score (nSPS) is 14.7. The van der Waals surface area contributed by atoms with Gasteiger partial charge in [-0.2, -0.15) is 5.10 Å². The first-order valence-corrected chi connectivity index (χ1v) is 6.95. The minimum absolute atomic E-state index is 0.308. The molecule has 0 aliphatic heterocycles. The van der Waals surface area contributed by atoms with Gasteiger partial charge < -0.3 is 10.1 Å². The van der Waals surface area contributed by atoms with Crippen LogP contribution in [0.5, 0.6) is 0 Å². The van der Waals surface area contributed by atoms with E-state index >= 15 is 0 Å². The summed E-state index contributed by atoms with van der Waals surface area (Å²) in [4.78, 5) is 0. The lowest BCUT2D eigenvalue weighted by atomic mass is 10.00. The zero-order valence-corrected chi connectivity index (χ0v) is 12.1. The average molecular weight is 253 g/mol. The molecule has 2 atom stereocenters. The lowest BCUT2D eigenvalue weighted by molar-refractivity contribution is 0.0586. The summed E-state index contributed by atoms with van der Waals surface area (Å²) >= 11 is 0. The van der Waals surface area contributed by atoms with Crippen LogP contribution in [0.3, 0.4) is 0 Å². The van der Waals surface area contributed by atoms with Crippen molar-refractivity contribution >= 4 is 0 Å². The van der Waals surface area contributed by atoms with Crippen molar-refractivity contribution in [2.24, 2.45) is 7.05 Å². The van der Waals surface area contributed by atoms with Crippen LogP contribution in [0, 0.1) is 0 Å². The molecule has 0 bridgehead atoms. The Balaban J connectivity index is 2.53. The molecule has 1 rings (SSSR count). The van der Waals surface area contributed by atoms with Crippen LogP contribution in [0.4, 0.5) is 0 Å². The molecule has 1 aromatic rings. The van der Waals surface area contributed by atoms with Crippen molar-refractivity contribution in [3.8, 4) is 0 Å². The van der Waals surface area contributed by atoms with Crippen molar-refractivity contribution in [1.29, 1.82) is 0 Å². The van der Waals surface area contributed by atoms with E-state index in [1.165, 1.54) is 5.69 Å². The summed E-state index contributed by atoms with van der Waals surface area (Å²) in [7, 11) is 3.81. The smallest absolute Gasteiger partial charge is 0.0724 e. The topological polar surface area (TPSA) is 39.1 Å². The number of nitrogens with one attached hydrogen (secondary N) is 1. The molecule has 0 aliphatic rings. The molecule has 0 aliphatic carbocycles. The Morgan fingerprint density at radius 1 is 1.39 bits per heavy atom. The predicted molar refractivity (Wildman–Crippen MR) is 74.7 cm³/mol. The van der Waals surface area contributed by atoms with Crippen molar-refractivity contribution in [2.45, 2.75) is 51.7 Å². The molecule has 0 amide bonds. The van der Waals surface area contributed by atoms with Crippen molar-refractivity contribution in [3.63, 3.8) is 0 Å². The summed E-state index contributed by atoms with van der Waals surface area (Å²) < 4.78 is 7.57. The lowest BCUT2D eigenvalue weighted by Crippen LogP contribution is -2.41. The maximum Gasteiger partial charge on any atom is 0.0724 e. The maximum absolute atomic E-state index is 5.62. The molecule has 4 nitrogen and oxygen atoms in total. The Bertz CT molecular complexity index is 325. The second kappa shape index (κ2) is 8.27. The van der Waals surface area contributed by atoms with E-state index in [9.17, 15) is 0 Å². The van der Waals surface area contributed by atoms with Crippen molar-refractivity contribution in [1.82, 2.24) is 15.1 Å². The van der Waals surface area contributed by atoms with E-state index in [0.717, 1.165) is 32.2 Å². The van der Waals surface area contributed by atoms with Crippen LogP contribution in [0.25, 0.3) is 0 Å². The third-order valence-corrected chi connectivity index (χ3v) is 3.42. The fourth-order valence-corrected chi connectivity index (χ4v) is 2.40. The summed E-state index contributed by atoms with van der Waals surface area (Å²) in [5.74, 6) is 0. The highest BCUT2D eigenvalue weighted by atomic mass is 16.5. The molecular formula is C14H27N3O. The van der Waals surface area contributed by atoms with Gasteiger partial charge in [-0.05, 0) is 31.9 Å². The van der Waals surface area contributed by atoms with Gasteiger partial charge in [0, 0.05) is 32.1 Å². The van der Waals surface area contributed by atoms with Crippen molar-refractivity contribution in [2.75, 3.05) is 13.7 Å². The van der Waals surface area contributed by atoms with Crippen LogP contribution < -0.4 is 5.32 Å². The first kappa shape index (κ1) is 15.2. The largest absolute Gasteiger partial charge is 0.380 e.